The molecule has 0 aliphatic heterocycles. The van der Waals surface area contributed by atoms with Gasteiger partial charge < -0.3 is 4.42 Å². The third-order valence-electron chi connectivity index (χ3n) is 7.53. The van der Waals surface area contributed by atoms with Crippen LogP contribution in [0.2, 0.25) is 0 Å². The van der Waals surface area contributed by atoms with Gasteiger partial charge in [-0.15, -0.1) is 0 Å². The molecular weight excluding hydrogens is 502 g/mol. The lowest BCUT2D eigenvalue weighted by molar-refractivity contribution is 0.669. The van der Waals surface area contributed by atoms with Gasteiger partial charge >= 0.3 is 0 Å². The lowest BCUT2D eigenvalue weighted by Gasteiger charge is -2.11. The first-order valence-electron chi connectivity index (χ1n) is 13.6. The molecule has 0 saturated heterocycles. The molecule has 0 spiro atoms. The van der Waals surface area contributed by atoms with E-state index in [1.165, 1.54) is 0 Å². The first-order valence-corrected chi connectivity index (χ1v) is 13.6. The zero-order valence-corrected chi connectivity index (χ0v) is 22.0. The molecule has 2 heterocycles. The Morgan fingerprint density at radius 2 is 0.902 bits per heavy atom. The van der Waals surface area contributed by atoms with Crippen molar-refractivity contribution >= 4 is 32.7 Å². The maximum Gasteiger partial charge on any atom is 0.164 e. The summed E-state index contributed by atoms with van der Waals surface area (Å²) in [5.41, 5.74) is 6.74. The molecule has 4 nitrogen and oxygen atoms in total. The molecule has 0 N–H and O–H groups in total. The van der Waals surface area contributed by atoms with Crippen molar-refractivity contribution in [3.05, 3.63) is 140 Å². The van der Waals surface area contributed by atoms with Gasteiger partial charge in [0.1, 0.15) is 11.2 Å². The third kappa shape index (κ3) is 4.05. The Hall–Kier alpha value is -5.61. The molecule has 0 saturated carbocycles. The minimum atomic E-state index is 0.612. The van der Waals surface area contributed by atoms with Gasteiger partial charge in [-0.3, -0.25) is 0 Å². The van der Waals surface area contributed by atoms with Crippen LogP contribution in [0.5, 0.6) is 0 Å². The van der Waals surface area contributed by atoms with Crippen molar-refractivity contribution in [2.75, 3.05) is 0 Å². The van der Waals surface area contributed by atoms with Gasteiger partial charge in [-0.2, -0.15) is 0 Å². The third-order valence-corrected chi connectivity index (χ3v) is 7.53. The summed E-state index contributed by atoms with van der Waals surface area (Å²) in [7, 11) is 0. The van der Waals surface area contributed by atoms with E-state index in [0.717, 1.165) is 60.5 Å². The molecule has 0 fully saturated rings. The molecule has 8 aromatic rings. The van der Waals surface area contributed by atoms with Crippen molar-refractivity contribution < 1.29 is 4.42 Å². The van der Waals surface area contributed by atoms with Gasteiger partial charge in [0.25, 0.3) is 0 Å². The Balaban J connectivity index is 1.39. The summed E-state index contributed by atoms with van der Waals surface area (Å²) in [6, 6.07) is 47.4. The maximum atomic E-state index is 6.54. The number of benzene rings is 6. The first-order chi connectivity index (χ1) is 20.3. The van der Waals surface area contributed by atoms with E-state index in [9.17, 15) is 0 Å². The van der Waals surface area contributed by atoms with Crippen LogP contribution in [-0.2, 0) is 0 Å². The van der Waals surface area contributed by atoms with Crippen LogP contribution < -0.4 is 0 Å². The Kier molecular flexibility index (Phi) is 5.42. The van der Waals surface area contributed by atoms with Crippen LogP contribution in [-0.4, -0.2) is 15.0 Å². The van der Waals surface area contributed by atoms with Gasteiger partial charge in [0.05, 0.1) is 0 Å². The van der Waals surface area contributed by atoms with Gasteiger partial charge in [-0.25, -0.2) is 15.0 Å². The second-order valence-electron chi connectivity index (χ2n) is 10.1. The van der Waals surface area contributed by atoms with Crippen molar-refractivity contribution in [2.24, 2.45) is 0 Å². The SMILES string of the molecule is c1ccc(-c2ccc3c(c2)oc2cc(-c4nc(-c5ccccc5)nc(-c5ccccc5)n4)c4ccccc4c23)cc1. The number of fused-ring (bicyclic) bond motifs is 5. The molecule has 0 unspecified atom stereocenters. The van der Waals surface area contributed by atoms with E-state index < -0.39 is 0 Å². The normalized spacial score (nSPS) is 11.4. The Morgan fingerprint density at radius 3 is 1.54 bits per heavy atom. The van der Waals surface area contributed by atoms with E-state index in [0.29, 0.717) is 17.5 Å². The largest absolute Gasteiger partial charge is 0.456 e. The first kappa shape index (κ1) is 23.3. The Bertz CT molecular complexity index is 2130. The molecule has 2 aromatic heterocycles. The van der Waals surface area contributed by atoms with E-state index in [-0.39, 0.29) is 0 Å². The predicted molar refractivity (Wildman–Crippen MR) is 166 cm³/mol. The highest BCUT2D eigenvalue weighted by molar-refractivity contribution is 6.22. The van der Waals surface area contributed by atoms with Crippen molar-refractivity contribution in [1.29, 1.82) is 0 Å². The molecule has 41 heavy (non-hydrogen) atoms. The highest BCUT2D eigenvalue weighted by Gasteiger charge is 2.19. The fourth-order valence-electron chi connectivity index (χ4n) is 5.56. The van der Waals surface area contributed by atoms with E-state index in [1.807, 2.05) is 66.7 Å². The molecule has 6 aromatic carbocycles. The van der Waals surface area contributed by atoms with E-state index in [2.05, 4.69) is 72.8 Å². The zero-order chi connectivity index (χ0) is 27.2. The summed E-state index contributed by atoms with van der Waals surface area (Å²) < 4.78 is 6.54. The number of rotatable bonds is 4. The molecule has 0 atom stereocenters. The van der Waals surface area contributed by atoms with E-state index in [4.69, 9.17) is 19.4 Å². The second kappa shape index (κ2) is 9.54. The highest BCUT2D eigenvalue weighted by atomic mass is 16.3. The Labute approximate surface area is 236 Å². The lowest BCUT2D eigenvalue weighted by atomic mass is 9.97. The standard InChI is InChI=1S/C37H23N3O/c1-4-12-24(13-5-1)27-20-21-30-32(22-27)41-33-23-31(28-18-10-11-19-29(28)34(30)33)37-39-35(25-14-6-2-7-15-25)38-36(40-37)26-16-8-3-9-17-26/h1-23H. The molecule has 0 aliphatic rings. The summed E-state index contributed by atoms with van der Waals surface area (Å²) in [4.78, 5) is 14.9. The van der Waals surface area contributed by atoms with Gasteiger partial charge in [-0.05, 0) is 40.1 Å². The van der Waals surface area contributed by atoms with Gasteiger partial charge in [0, 0.05) is 27.5 Å². The summed E-state index contributed by atoms with van der Waals surface area (Å²) in [5, 5.41) is 4.36. The molecule has 0 radical (unpaired) electrons. The highest BCUT2D eigenvalue weighted by Crippen LogP contribution is 2.40. The Morgan fingerprint density at radius 1 is 0.366 bits per heavy atom. The van der Waals surface area contributed by atoms with Crippen molar-refractivity contribution in [3.8, 4) is 45.3 Å². The van der Waals surface area contributed by atoms with Crippen LogP contribution in [0.1, 0.15) is 0 Å². The molecule has 0 bridgehead atoms. The minimum absolute atomic E-state index is 0.612. The van der Waals surface area contributed by atoms with Crippen molar-refractivity contribution in [2.45, 2.75) is 0 Å². The summed E-state index contributed by atoms with van der Waals surface area (Å²) in [6.07, 6.45) is 0. The second-order valence-corrected chi connectivity index (χ2v) is 10.1. The molecule has 8 rings (SSSR count). The van der Waals surface area contributed by atoms with Crippen LogP contribution in [0.25, 0.3) is 78.0 Å². The zero-order valence-electron chi connectivity index (χ0n) is 22.0. The summed E-state index contributed by atoms with van der Waals surface area (Å²) >= 11 is 0. The van der Waals surface area contributed by atoms with Crippen LogP contribution in [0.4, 0.5) is 0 Å². The fourth-order valence-corrected chi connectivity index (χ4v) is 5.56. The van der Waals surface area contributed by atoms with Gasteiger partial charge in [-0.1, -0.05) is 121 Å². The van der Waals surface area contributed by atoms with Crippen LogP contribution in [0, 0.1) is 0 Å². The van der Waals surface area contributed by atoms with Crippen LogP contribution in [0.15, 0.2) is 144 Å². The van der Waals surface area contributed by atoms with Gasteiger partial charge in [0.15, 0.2) is 17.5 Å². The summed E-state index contributed by atoms with van der Waals surface area (Å²) in [5.74, 6) is 1.88. The van der Waals surface area contributed by atoms with Crippen molar-refractivity contribution in [3.63, 3.8) is 0 Å². The van der Waals surface area contributed by atoms with E-state index in [1.54, 1.807) is 0 Å². The average molecular weight is 526 g/mol. The fraction of sp³-hybridized carbons (Fsp3) is 0. The van der Waals surface area contributed by atoms with Crippen molar-refractivity contribution in [1.82, 2.24) is 15.0 Å². The van der Waals surface area contributed by atoms with Crippen LogP contribution in [0.3, 0.4) is 0 Å². The average Bonchev–Trinajstić information content (AvgIpc) is 3.43. The van der Waals surface area contributed by atoms with Gasteiger partial charge in [0.2, 0.25) is 0 Å². The quantitative estimate of drug-likeness (QED) is 0.230. The summed E-state index contributed by atoms with van der Waals surface area (Å²) in [6.45, 7) is 0. The monoisotopic (exact) mass is 525 g/mol. The predicted octanol–water partition coefficient (Wildman–Crippen LogP) is 9.59. The number of nitrogens with zero attached hydrogens (tertiary/aromatic N) is 3. The molecule has 192 valence electrons. The van der Waals surface area contributed by atoms with E-state index >= 15 is 0 Å². The molecular formula is C37H23N3O. The number of hydrogen-bond acceptors (Lipinski definition) is 4. The number of hydrogen-bond donors (Lipinski definition) is 0. The minimum Gasteiger partial charge on any atom is -0.456 e. The number of aromatic nitrogens is 3. The smallest absolute Gasteiger partial charge is 0.164 e. The lowest BCUT2D eigenvalue weighted by Crippen LogP contribution is -2.00. The van der Waals surface area contributed by atoms with Crippen LogP contribution >= 0.6 is 0 Å². The topological polar surface area (TPSA) is 51.8 Å². The molecule has 0 aliphatic carbocycles. The maximum absolute atomic E-state index is 6.54. The number of furan rings is 1. The molecule has 4 heteroatoms. The molecule has 0 amide bonds.